The molecule has 0 aromatic heterocycles. The van der Waals surface area contributed by atoms with Crippen LogP contribution in [0.2, 0.25) is 0 Å². The molecule has 0 bridgehead atoms. The standard InChI is InChI=1S/C16H23N3O6S/c1-4-18(9-14(20)21)13-7-12(8-13)17-26(24,25)16-11(3)6-5-10(2)15(16)19(22)23/h5-6,12-13,17H,4,7-9H2,1-3H3,(H,20,21). The molecule has 144 valence electrons. The zero-order valence-corrected chi connectivity index (χ0v) is 15.7. The average molecular weight is 385 g/mol. The van der Waals surface area contributed by atoms with E-state index in [1.165, 1.54) is 19.9 Å². The van der Waals surface area contributed by atoms with Gasteiger partial charge in [-0.15, -0.1) is 0 Å². The topological polar surface area (TPSA) is 130 Å². The minimum absolute atomic E-state index is 0.0163. The number of carboxylic acids is 1. The first-order valence-corrected chi connectivity index (χ1v) is 9.77. The van der Waals surface area contributed by atoms with Crippen LogP contribution in [0.5, 0.6) is 0 Å². The van der Waals surface area contributed by atoms with Crippen molar-refractivity contribution in [2.24, 2.45) is 0 Å². The number of likely N-dealkylation sites (N-methyl/N-ethyl adjacent to an activating group) is 1. The average Bonchev–Trinajstić information content (AvgIpc) is 2.49. The van der Waals surface area contributed by atoms with Gasteiger partial charge in [-0.2, -0.15) is 0 Å². The fourth-order valence-electron chi connectivity index (χ4n) is 3.27. The number of rotatable bonds is 8. The molecule has 10 heteroatoms. The van der Waals surface area contributed by atoms with E-state index >= 15 is 0 Å². The Hall–Kier alpha value is -2.04. The van der Waals surface area contributed by atoms with Crippen molar-refractivity contribution >= 4 is 21.7 Å². The first-order valence-electron chi connectivity index (χ1n) is 8.29. The molecule has 0 aliphatic heterocycles. The van der Waals surface area contributed by atoms with Gasteiger partial charge in [-0.05, 0) is 38.8 Å². The number of sulfonamides is 1. The molecule has 0 amide bonds. The number of aliphatic carboxylic acids is 1. The van der Waals surface area contributed by atoms with Gasteiger partial charge in [0.15, 0.2) is 4.90 Å². The summed E-state index contributed by atoms with van der Waals surface area (Å²) >= 11 is 0. The molecule has 1 aromatic rings. The van der Waals surface area contributed by atoms with E-state index in [0.717, 1.165) is 0 Å². The van der Waals surface area contributed by atoms with E-state index in [1.54, 1.807) is 11.0 Å². The van der Waals surface area contributed by atoms with Gasteiger partial charge in [0.2, 0.25) is 10.0 Å². The van der Waals surface area contributed by atoms with Crippen molar-refractivity contribution in [1.82, 2.24) is 9.62 Å². The van der Waals surface area contributed by atoms with Crippen molar-refractivity contribution in [3.63, 3.8) is 0 Å². The molecule has 1 saturated carbocycles. The molecule has 26 heavy (non-hydrogen) atoms. The smallest absolute Gasteiger partial charge is 0.317 e. The van der Waals surface area contributed by atoms with Crippen LogP contribution in [0.1, 0.15) is 30.9 Å². The van der Waals surface area contributed by atoms with Crippen molar-refractivity contribution in [2.45, 2.75) is 50.6 Å². The Morgan fingerprint density at radius 3 is 2.42 bits per heavy atom. The Balaban J connectivity index is 2.16. The Labute approximate surface area is 152 Å². The number of carboxylic acid groups (broad SMARTS) is 1. The molecule has 1 aliphatic rings. The van der Waals surface area contributed by atoms with Gasteiger partial charge in [0, 0.05) is 17.6 Å². The zero-order valence-electron chi connectivity index (χ0n) is 14.9. The van der Waals surface area contributed by atoms with Crippen LogP contribution in [-0.4, -0.2) is 54.5 Å². The number of nitro benzene ring substituents is 1. The summed E-state index contributed by atoms with van der Waals surface area (Å²) in [4.78, 5) is 23.0. The minimum Gasteiger partial charge on any atom is -0.480 e. The van der Waals surface area contributed by atoms with Crippen molar-refractivity contribution in [3.8, 4) is 0 Å². The van der Waals surface area contributed by atoms with Crippen LogP contribution < -0.4 is 4.72 Å². The first-order chi connectivity index (χ1) is 12.1. The highest BCUT2D eigenvalue weighted by Crippen LogP contribution is 2.33. The summed E-state index contributed by atoms with van der Waals surface area (Å²) < 4.78 is 28.0. The second kappa shape index (κ2) is 7.68. The highest BCUT2D eigenvalue weighted by atomic mass is 32.2. The highest BCUT2D eigenvalue weighted by molar-refractivity contribution is 7.89. The molecule has 0 unspecified atom stereocenters. The maximum Gasteiger partial charge on any atom is 0.317 e. The van der Waals surface area contributed by atoms with Crippen LogP contribution in [0.4, 0.5) is 5.69 Å². The molecule has 0 radical (unpaired) electrons. The Morgan fingerprint density at radius 2 is 1.92 bits per heavy atom. The molecule has 1 fully saturated rings. The summed E-state index contributed by atoms with van der Waals surface area (Å²) in [6, 6.07) is 2.69. The molecular formula is C16H23N3O6S. The van der Waals surface area contributed by atoms with Gasteiger partial charge in [0.05, 0.1) is 11.5 Å². The Kier molecular flexibility index (Phi) is 5.99. The van der Waals surface area contributed by atoms with E-state index in [1.807, 2.05) is 6.92 Å². The third kappa shape index (κ3) is 4.19. The molecule has 0 heterocycles. The van der Waals surface area contributed by atoms with Crippen LogP contribution >= 0.6 is 0 Å². The second-order valence-electron chi connectivity index (χ2n) is 6.53. The molecule has 0 spiro atoms. The third-order valence-corrected chi connectivity index (χ3v) is 6.37. The molecule has 1 aliphatic carbocycles. The minimum atomic E-state index is -4.05. The Bertz CT molecular complexity index is 818. The fraction of sp³-hybridized carbons (Fsp3) is 0.562. The van der Waals surface area contributed by atoms with Gasteiger partial charge >= 0.3 is 5.97 Å². The van der Waals surface area contributed by atoms with E-state index in [4.69, 9.17) is 5.11 Å². The lowest BCUT2D eigenvalue weighted by Gasteiger charge is -2.42. The van der Waals surface area contributed by atoms with Crippen LogP contribution in [0.3, 0.4) is 0 Å². The quantitative estimate of drug-likeness (QED) is 0.511. The number of hydrogen-bond donors (Lipinski definition) is 2. The van der Waals surface area contributed by atoms with E-state index in [-0.39, 0.29) is 29.1 Å². The first kappa shape index (κ1) is 20.3. The molecular weight excluding hydrogens is 362 g/mol. The normalized spacial score (nSPS) is 20.0. The molecule has 2 N–H and O–H groups in total. The van der Waals surface area contributed by atoms with Crippen molar-refractivity contribution < 1.29 is 23.2 Å². The number of aryl methyl sites for hydroxylation is 2. The van der Waals surface area contributed by atoms with Crippen molar-refractivity contribution in [1.29, 1.82) is 0 Å². The number of hydrogen-bond acceptors (Lipinski definition) is 6. The fourth-order valence-corrected chi connectivity index (χ4v) is 5.00. The monoisotopic (exact) mass is 385 g/mol. The molecule has 0 saturated heterocycles. The van der Waals surface area contributed by atoms with Crippen molar-refractivity contribution in [2.75, 3.05) is 13.1 Å². The van der Waals surface area contributed by atoms with E-state index in [9.17, 15) is 23.3 Å². The molecule has 0 atom stereocenters. The van der Waals surface area contributed by atoms with Gasteiger partial charge in [0.25, 0.3) is 5.69 Å². The number of nitrogens with zero attached hydrogens (tertiary/aromatic N) is 2. The predicted octanol–water partition coefficient (Wildman–Crippen LogP) is 1.43. The predicted molar refractivity (Wildman–Crippen MR) is 94.6 cm³/mol. The van der Waals surface area contributed by atoms with Gasteiger partial charge in [0.1, 0.15) is 0 Å². The van der Waals surface area contributed by atoms with E-state index < -0.39 is 26.6 Å². The van der Waals surface area contributed by atoms with Crippen LogP contribution in [0, 0.1) is 24.0 Å². The summed E-state index contributed by atoms with van der Waals surface area (Å²) in [5, 5.41) is 20.3. The van der Waals surface area contributed by atoms with Gasteiger partial charge in [-0.3, -0.25) is 19.8 Å². The number of carbonyl (C=O) groups is 1. The molecule has 9 nitrogen and oxygen atoms in total. The summed E-state index contributed by atoms with van der Waals surface area (Å²) in [7, 11) is -4.05. The maximum absolute atomic E-state index is 12.7. The lowest BCUT2D eigenvalue weighted by molar-refractivity contribution is -0.388. The second-order valence-corrected chi connectivity index (χ2v) is 8.19. The molecule has 1 aromatic carbocycles. The van der Waals surface area contributed by atoms with Crippen molar-refractivity contribution in [3.05, 3.63) is 33.4 Å². The summed E-state index contributed by atoms with van der Waals surface area (Å²) in [6.07, 6.45) is 0.942. The summed E-state index contributed by atoms with van der Waals surface area (Å²) in [6.45, 7) is 5.33. The third-order valence-electron chi connectivity index (χ3n) is 4.68. The molecule has 2 rings (SSSR count). The number of nitro groups is 1. The Morgan fingerprint density at radius 1 is 1.35 bits per heavy atom. The lowest BCUT2D eigenvalue weighted by Crippen LogP contribution is -2.54. The van der Waals surface area contributed by atoms with Crippen LogP contribution in [0.15, 0.2) is 17.0 Å². The van der Waals surface area contributed by atoms with E-state index in [2.05, 4.69) is 4.72 Å². The van der Waals surface area contributed by atoms with Gasteiger partial charge < -0.3 is 5.11 Å². The summed E-state index contributed by atoms with van der Waals surface area (Å²) in [5.74, 6) is -0.929. The number of benzene rings is 1. The lowest BCUT2D eigenvalue weighted by atomic mass is 9.86. The summed E-state index contributed by atoms with van der Waals surface area (Å²) in [5.41, 5.74) is 0.187. The largest absolute Gasteiger partial charge is 0.480 e. The van der Waals surface area contributed by atoms with Gasteiger partial charge in [-0.25, -0.2) is 13.1 Å². The zero-order chi connectivity index (χ0) is 19.6. The highest BCUT2D eigenvalue weighted by Gasteiger charge is 2.38. The van der Waals surface area contributed by atoms with Crippen LogP contribution in [0.25, 0.3) is 0 Å². The number of nitrogens with one attached hydrogen (secondary N) is 1. The van der Waals surface area contributed by atoms with Crippen LogP contribution in [-0.2, 0) is 14.8 Å². The van der Waals surface area contributed by atoms with Gasteiger partial charge in [-0.1, -0.05) is 19.1 Å². The van der Waals surface area contributed by atoms with E-state index in [0.29, 0.717) is 24.9 Å². The maximum atomic E-state index is 12.7. The SMILES string of the molecule is CCN(CC(=O)O)C1CC(NS(=O)(=O)c2c(C)ccc(C)c2[N+](=O)[O-])C1.